The van der Waals surface area contributed by atoms with Gasteiger partial charge in [-0.15, -0.1) is 0 Å². The van der Waals surface area contributed by atoms with Crippen LogP contribution < -0.4 is 9.64 Å². The average molecular weight is 236 g/mol. The van der Waals surface area contributed by atoms with Crippen molar-refractivity contribution in [2.24, 2.45) is 0 Å². The van der Waals surface area contributed by atoms with Crippen LogP contribution in [0.1, 0.15) is 25.7 Å². The minimum absolute atomic E-state index is 0.531. The monoisotopic (exact) mass is 236 g/mol. The summed E-state index contributed by atoms with van der Waals surface area (Å²) in [4.78, 5) is 6.32. The zero-order valence-corrected chi connectivity index (χ0v) is 10.5. The molecule has 0 aliphatic heterocycles. The molecule has 0 saturated heterocycles. The smallest absolute Gasteiger partial charge is 0.137 e. The Morgan fingerprint density at radius 3 is 2.65 bits per heavy atom. The third kappa shape index (κ3) is 2.88. The molecule has 1 aliphatic carbocycles. The number of rotatable bonds is 4. The van der Waals surface area contributed by atoms with Gasteiger partial charge in [-0.2, -0.15) is 0 Å². The van der Waals surface area contributed by atoms with Gasteiger partial charge in [-0.05, 0) is 25.0 Å². The number of aromatic nitrogens is 1. The van der Waals surface area contributed by atoms with Crippen molar-refractivity contribution in [1.29, 1.82) is 0 Å². The molecule has 4 heteroatoms. The summed E-state index contributed by atoms with van der Waals surface area (Å²) in [6.45, 7) is 0.645. The number of likely N-dealkylation sites (N-methyl/N-ethyl adjacent to an activating group) is 1. The van der Waals surface area contributed by atoms with Crippen LogP contribution in [-0.4, -0.2) is 36.4 Å². The predicted molar refractivity (Wildman–Crippen MR) is 67.5 cm³/mol. The lowest BCUT2D eigenvalue weighted by Gasteiger charge is -2.29. The fourth-order valence-corrected chi connectivity index (χ4v) is 2.43. The summed E-state index contributed by atoms with van der Waals surface area (Å²) < 4.78 is 5.07. The first-order valence-electron chi connectivity index (χ1n) is 6.06. The van der Waals surface area contributed by atoms with Crippen molar-refractivity contribution in [1.82, 2.24) is 4.98 Å². The Kier molecular flexibility index (Phi) is 3.52. The molecule has 1 heterocycles. The van der Waals surface area contributed by atoms with Gasteiger partial charge in [0.15, 0.2) is 0 Å². The Morgan fingerprint density at radius 2 is 2.12 bits per heavy atom. The fourth-order valence-electron chi connectivity index (χ4n) is 2.43. The van der Waals surface area contributed by atoms with Crippen LogP contribution >= 0.6 is 0 Å². The van der Waals surface area contributed by atoms with Crippen LogP contribution in [0.4, 0.5) is 5.82 Å². The van der Waals surface area contributed by atoms with Crippen LogP contribution in [-0.2, 0) is 0 Å². The molecule has 4 nitrogen and oxygen atoms in total. The highest BCUT2D eigenvalue weighted by molar-refractivity contribution is 5.40. The second-order valence-electron chi connectivity index (χ2n) is 4.84. The van der Waals surface area contributed by atoms with Crippen molar-refractivity contribution in [2.45, 2.75) is 31.3 Å². The molecule has 1 fully saturated rings. The Balaban J connectivity index is 2.01. The Bertz CT molecular complexity index is 358. The normalized spacial score (nSPS) is 18.1. The maximum absolute atomic E-state index is 10.3. The van der Waals surface area contributed by atoms with E-state index >= 15 is 0 Å². The molecule has 1 saturated carbocycles. The van der Waals surface area contributed by atoms with Gasteiger partial charge in [0.05, 0.1) is 18.9 Å². The molecule has 0 spiro atoms. The maximum Gasteiger partial charge on any atom is 0.137 e. The summed E-state index contributed by atoms with van der Waals surface area (Å²) in [5.74, 6) is 1.62. The molecule has 2 rings (SSSR count). The number of nitrogens with zero attached hydrogens (tertiary/aromatic N) is 2. The highest BCUT2D eigenvalue weighted by Crippen LogP contribution is 2.30. The van der Waals surface area contributed by atoms with Crippen LogP contribution in [0.3, 0.4) is 0 Å². The molecule has 0 atom stereocenters. The third-order valence-electron chi connectivity index (χ3n) is 3.41. The van der Waals surface area contributed by atoms with E-state index < -0.39 is 5.60 Å². The first-order valence-corrected chi connectivity index (χ1v) is 6.06. The molecule has 1 N–H and O–H groups in total. The molecular formula is C13H20N2O2. The van der Waals surface area contributed by atoms with Gasteiger partial charge in [0.2, 0.25) is 0 Å². The minimum atomic E-state index is -0.531. The first kappa shape index (κ1) is 12.2. The van der Waals surface area contributed by atoms with Crippen molar-refractivity contribution >= 4 is 5.82 Å². The number of hydrogen-bond acceptors (Lipinski definition) is 4. The maximum atomic E-state index is 10.3. The van der Waals surface area contributed by atoms with Gasteiger partial charge >= 0.3 is 0 Å². The van der Waals surface area contributed by atoms with Crippen molar-refractivity contribution in [2.75, 3.05) is 25.6 Å². The molecule has 0 amide bonds. The number of anilines is 1. The number of hydrogen-bond donors (Lipinski definition) is 1. The topological polar surface area (TPSA) is 45.6 Å². The van der Waals surface area contributed by atoms with Crippen molar-refractivity contribution in [3.05, 3.63) is 18.3 Å². The van der Waals surface area contributed by atoms with Crippen LogP contribution in [0.15, 0.2) is 18.3 Å². The molecule has 0 aromatic carbocycles. The number of aliphatic hydroxyl groups is 1. The highest BCUT2D eigenvalue weighted by atomic mass is 16.5. The van der Waals surface area contributed by atoms with E-state index in [0.717, 1.165) is 37.3 Å². The Hall–Kier alpha value is -1.29. The number of methoxy groups -OCH3 is 1. The lowest BCUT2D eigenvalue weighted by atomic mass is 10.0. The van der Waals surface area contributed by atoms with Gasteiger partial charge in [-0.3, -0.25) is 0 Å². The van der Waals surface area contributed by atoms with Gasteiger partial charge < -0.3 is 14.7 Å². The highest BCUT2D eigenvalue weighted by Gasteiger charge is 2.32. The third-order valence-corrected chi connectivity index (χ3v) is 3.41. The van der Waals surface area contributed by atoms with Crippen molar-refractivity contribution < 1.29 is 9.84 Å². The second-order valence-corrected chi connectivity index (χ2v) is 4.84. The van der Waals surface area contributed by atoms with E-state index in [1.807, 2.05) is 24.1 Å². The van der Waals surface area contributed by atoms with Crippen molar-refractivity contribution in [3.63, 3.8) is 0 Å². The quantitative estimate of drug-likeness (QED) is 0.866. The lowest BCUT2D eigenvalue weighted by Crippen LogP contribution is -2.39. The lowest BCUT2D eigenvalue weighted by molar-refractivity contribution is 0.0558. The van der Waals surface area contributed by atoms with Crippen LogP contribution in [0.2, 0.25) is 0 Å². The SMILES string of the molecule is COc1ccc(N(C)CC2(O)CCCC2)nc1. The summed E-state index contributed by atoms with van der Waals surface area (Å²) in [5.41, 5.74) is -0.531. The van der Waals surface area contributed by atoms with E-state index in [1.165, 1.54) is 0 Å². The van der Waals surface area contributed by atoms with E-state index in [4.69, 9.17) is 4.74 Å². The molecule has 0 unspecified atom stereocenters. The Morgan fingerprint density at radius 1 is 1.41 bits per heavy atom. The fraction of sp³-hybridized carbons (Fsp3) is 0.615. The minimum Gasteiger partial charge on any atom is -0.495 e. The van der Waals surface area contributed by atoms with E-state index in [0.29, 0.717) is 6.54 Å². The van der Waals surface area contributed by atoms with E-state index in [-0.39, 0.29) is 0 Å². The average Bonchev–Trinajstić information content (AvgIpc) is 2.76. The molecular weight excluding hydrogens is 216 g/mol. The Labute approximate surface area is 102 Å². The number of ether oxygens (including phenoxy) is 1. The predicted octanol–water partition coefficient (Wildman–Crippen LogP) is 1.83. The largest absolute Gasteiger partial charge is 0.495 e. The van der Waals surface area contributed by atoms with Gasteiger partial charge in [-0.25, -0.2) is 4.98 Å². The number of pyridine rings is 1. The van der Waals surface area contributed by atoms with E-state index in [1.54, 1.807) is 13.3 Å². The van der Waals surface area contributed by atoms with Gasteiger partial charge in [0.1, 0.15) is 11.6 Å². The molecule has 94 valence electrons. The standard InChI is InChI=1S/C13H20N2O2/c1-15(10-13(16)7-3-4-8-13)12-6-5-11(17-2)9-14-12/h5-6,9,16H,3-4,7-8,10H2,1-2H3. The van der Waals surface area contributed by atoms with Gasteiger partial charge in [0.25, 0.3) is 0 Å². The molecule has 1 aliphatic rings. The molecule has 0 bridgehead atoms. The van der Waals surface area contributed by atoms with Crippen molar-refractivity contribution in [3.8, 4) is 5.75 Å². The molecule has 1 aromatic rings. The van der Waals surface area contributed by atoms with Gasteiger partial charge in [-0.1, -0.05) is 12.8 Å². The zero-order chi connectivity index (χ0) is 12.3. The van der Waals surface area contributed by atoms with E-state index in [2.05, 4.69) is 4.98 Å². The van der Waals surface area contributed by atoms with E-state index in [9.17, 15) is 5.11 Å². The molecule has 0 radical (unpaired) electrons. The van der Waals surface area contributed by atoms with Crippen LogP contribution in [0.25, 0.3) is 0 Å². The van der Waals surface area contributed by atoms with Crippen LogP contribution in [0.5, 0.6) is 5.75 Å². The summed E-state index contributed by atoms with van der Waals surface area (Å²) in [7, 11) is 3.59. The first-order chi connectivity index (χ1) is 8.13. The molecule has 1 aromatic heterocycles. The summed E-state index contributed by atoms with van der Waals surface area (Å²) in [6, 6.07) is 3.80. The summed E-state index contributed by atoms with van der Waals surface area (Å²) in [6.07, 6.45) is 5.74. The summed E-state index contributed by atoms with van der Waals surface area (Å²) in [5, 5.41) is 10.3. The van der Waals surface area contributed by atoms with Crippen LogP contribution in [0, 0.1) is 0 Å². The second kappa shape index (κ2) is 4.92. The molecule has 17 heavy (non-hydrogen) atoms. The zero-order valence-electron chi connectivity index (χ0n) is 10.5. The van der Waals surface area contributed by atoms with Gasteiger partial charge in [0, 0.05) is 13.6 Å². The summed E-state index contributed by atoms with van der Waals surface area (Å²) >= 11 is 0.